The summed E-state index contributed by atoms with van der Waals surface area (Å²) in [7, 11) is 0. The van der Waals surface area contributed by atoms with E-state index in [-0.39, 0.29) is 5.75 Å². The SMILES string of the molecule is Oc1ccc(-c2ncc(Cl)c(NC3CC3)n2)cc1. The molecule has 1 aromatic carbocycles. The van der Waals surface area contributed by atoms with Gasteiger partial charge in [0.25, 0.3) is 0 Å². The Morgan fingerprint density at radius 3 is 2.61 bits per heavy atom. The van der Waals surface area contributed by atoms with Crippen molar-refractivity contribution in [2.24, 2.45) is 0 Å². The lowest BCUT2D eigenvalue weighted by atomic mass is 10.2. The van der Waals surface area contributed by atoms with Crippen molar-refractivity contribution in [3.8, 4) is 17.1 Å². The van der Waals surface area contributed by atoms with Crippen LogP contribution in [-0.2, 0) is 0 Å². The molecular weight excluding hydrogens is 250 g/mol. The quantitative estimate of drug-likeness (QED) is 0.892. The van der Waals surface area contributed by atoms with Crippen molar-refractivity contribution in [2.75, 3.05) is 5.32 Å². The van der Waals surface area contributed by atoms with Gasteiger partial charge in [-0.1, -0.05) is 11.6 Å². The lowest BCUT2D eigenvalue weighted by Crippen LogP contribution is -2.05. The Bertz CT molecular complexity index is 567. The average Bonchev–Trinajstić information content (AvgIpc) is 3.17. The molecule has 0 aliphatic heterocycles. The summed E-state index contributed by atoms with van der Waals surface area (Å²) in [6, 6.07) is 7.27. The fourth-order valence-corrected chi connectivity index (χ4v) is 1.78. The van der Waals surface area contributed by atoms with Crippen LogP contribution in [0.2, 0.25) is 5.02 Å². The number of halogens is 1. The van der Waals surface area contributed by atoms with Gasteiger partial charge in [0.1, 0.15) is 16.6 Å². The third-order valence-electron chi connectivity index (χ3n) is 2.79. The van der Waals surface area contributed by atoms with Gasteiger partial charge in [-0.15, -0.1) is 0 Å². The van der Waals surface area contributed by atoms with E-state index in [1.807, 2.05) is 0 Å². The maximum absolute atomic E-state index is 9.26. The number of nitrogens with one attached hydrogen (secondary N) is 1. The highest BCUT2D eigenvalue weighted by Crippen LogP contribution is 2.29. The van der Waals surface area contributed by atoms with Crippen LogP contribution in [0.15, 0.2) is 30.5 Å². The van der Waals surface area contributed by atoms with Crippen LogP contribution in [-0.4, -0.2) is 21.1 Å². The second kappa shape index (κ2) is 4.46. The zero-order valence-electron chi connectivity index (χ0n) is 9.60. The zero-order valence-corrected chi connectivity index (χ0v) is 10.4. The maximum Gasteiger partial charge on any atom is 0.161 e. The molecule has 1 heterocycles. The molecule has 1 fully saturated rings. The number of anilines is 1. The predicted molar refractivity (Wildman–Crippen MR) is 70.8 cm³/mol. The number of hydrogen-bond donors (Lipinski definition) is 2. The van der Waals surface area contributed by atoms with Crippen LogP contribution in [0.25, 0.3) is 11.4 Å². The maximum atomic E-state index is 9.26. The van der Waals surface area contributed by atoms with Crippen LogP contribution < -0.4 is 5.32 Å². The van der Waals surface area contributed by atoms with Crippen molar-refractivity contribution in [1.29, 1.82) is 0 Å². The molecular formula is C13H12ClN3O. The van der Waals surface area contributed by atoms with Crippen molar-refractivity contribution in [3.63, 3.8) is 0 Å². The van der Waals surface area contributed by atoms with Gasteiger partial charge in [0.15, 0.2) is 5.82 Å². The molecule has 4 nitrogen and oxygen atoms in total. The minimum absolute atomic E-state index is 0.226. The summed E-state index contributed by atoms with van der Waals surface area (Å²) in [4.78, 5) is 8.62. The smallest absolute Gasteiger partial charge is 0.161 e. The van der Waals surface area contributed by atoms with E-state index in [9.17, 15) is 5.11 Å². The average molecular weight is 262 g/mol. The molecule has 0 spiro atoms. The third-order valence-corrected chi connectivity index (χ3v) is 3.06. The lowest BCUT2D eigenvalue weighted by molar-refractivity contribution is 0.475. The molecule has 1 saturated carbocycles. The van der Waals surface area contributed by atoms with Gasteiger partial charge in [-0.3, -0.25) is 0 Å². The number of rotatable bonds is 3. The van der Waals surface area contributed by atoms with E-state index in [1.54, 1.807) is 30.5 Å². The van der Waals surface area contributed by atoms with Crippen LogP contribution in [0.5, 0.6) is 5.75 Å². The molecule has 1 aliphatic rings. The van der Waals surface area contributed by atoms with Gasteiger partial charge >= 0.3 is 0 Å². The molecule has 0 bridgehead atoms. The fourth-order valence-electron chi connectivity index (χ4n) is 1.64. The summed E-state index contributed by atoms with van der Waals surface area (Å²) in [5.41, 5.74) is 0.850. The second-order valence-electron chi connectivity index (χ2n) is 4.36. The van der Waals surface area contributed by atoms with Gasteiger partial charge in [-0.25, -0.2) is 9.97 Å². The van der Waals surface area contributed by atoms with Crippen molar-refractivity contribution in [2.45, 2.75) is 18.9 Å². The Morgan fingerprint density at radius 1 is 1.22 bits per heavy atom. The van der Waals surface area contributed by atoms with Crippen LogP contribution in [0.1, 0.15) is 12.8 Å². The highest BCUT2D eigenvalue weighted by Gasteiger charge is 2.22. The minimum atomic E-state index is 0.226. The lowest BCUT2D eigenvalue weighted by Gasteiger charge is -2.07. The van der Waals surface area contributed by atoms with Gasteiger partial charge in [-0.2, -0.15) is 0 Å². The second-order valence-corrected chi connectivity index (χ2v) is 4.76. The molecule has 0 atom stereocenters. The van der Waals surface area contributed by atoms with E-state index in [0.29, 0.717) is 22.7 Å². The summed E-state index contributed by atoms with van der Waals surface area (Å²) in [5.74, 6) is 1.50. The van der Waals surface area contributed by atoms with Crippen molar-refractivity contribution < 1.29 is 5.11 Å². The third kappa shape index (κ3) is 2.38. The first-order valence-electron chi connectivity index (χ1n) is 5.81. The molecule has 18 heavy (non-hydrogen) atoms. The van der Waals surface area contributed by atoms with Gasteiger partial charge in [0.2, 0.25) is 0 Å². The van der Waals surface area contributed by atoms with Crippen molar-refractivity contribution in [3.05, 3.63) is 35.5 Å². The molecule has 1 aliphatic carbocycles. The van der Waals surface area contributed by atoms with Crippen LogP contribution in [0, 0.1) is 0 Å². The van der Waals surface area contributed by atoms with E-state index in [1.165, 1.54) is 0 Å². The van der Waals surface area contributed by atoms with Gasteiger partial charge in [0.05, 0.1) is 6.20 Å². The minimum Gasteiger partial charge on any atom is -0.508 e. The number of hydrogen-bond acceptors (Lipinski definition) is 4. The van der Waals surface area contributed by atoms with Crippen LogP contribution in [0.4, 0.5) is 5.82 Å². The van der Waals surface area contributed by atoms with Crippen LogP contribution in [0.3, 0.4) is 0 Å². The molecule has 1 aromatic heterocycles. The standard InChI is InChI=1S/C13H12ClN3O/c14-11-7-15-12(8-1-5-10(18)6-2-8)17-13(11)16-9-3-4-9/h1-2,5-7,9,18H,3-4H2,(H,15,16,17). The zero-order chi connectivity index (χ0) is 12.5. The largest absolute Gasteiger partial charge is 0.508 e. The van der Waals surface area contributed by atoms with E-state index in [4.69, 9.17) is 11.6 Å². The summed E-state index contributed by atoms with van der Waals surface area (Å²) in [5, 5.41) is 13.1. The normalized spacial score (nSPS) is 14.5. The molecule has 0 unspecified atom stereocenters. The van der Waals surface area contributed by atoms with Crippen molar-refractivity contribution in [1.82, 2.24) is 9.97 Å². The predicted octanol–water partition coefficient (Wildman–Crippen LogP) is 3.08. The Hall–Kier alpha value is -1.81. The number of aromatic nitrogens is 2. The highest BCUT2D eigenvalue weighted by molar-refractivity contribution is 6.32. The Morgan fingerprint density at radius 2 is 1.94 bits per heavy atom. The Balaban J connectivity index is 1.93. The molecule has 0 radical (unpaired) electrons. The number of phenolic OH excluding ortho intramolecular Hbond substituents is 1. The van der Waals surface area contributed by atoms with E-state index in [2.05, 4.69) is 15.3 Å². The van der Waals surface area contributed by atoms with Crippen molar-refractivity contribution >= 4 is 17.4 Å². The van der Waals surface area contributed by atoms with Crippen LogP contribution >= 0.6 is 11.6 Å². The fraction of sp³-hybridized carbons (Fsp3) is 0.231. The monoisotopic (exact) mass is 261 g/mol. The van der Waals surface area contributed by atoms with Gasteiger partial charge in [0, 0.05) is 11.6 Å². The summed E-state index contributed by atoms with van der Waals surface area (Å²) in [6.45, 7) is 0. The first-order chi connectivity index (χ1) is 8.72. The Kier molecular flexibility index (Phi) is 2.80. The van der Waals surface area contributed by atoms with E-state index < -0.39 is 0 Å². The molecule has 2 aromatic rings. The number of aromatic hydroxyl groups is 1. The highest BCUT2D eigenvalue weighted by atomic mass is 35.5. The van der Waals surface area contributed by atoms with E-state index >= 15 is 0 Å². The first kappa shape index (κ1) is 11.3. The molecule has 0 amide bonds. The van der Waals surface area contributed by atoms with Gasteiger partial charge < -0.3 is 10.4 Å². The Labute approximate surface area is 110 Å². The van der Waals surface area contributed by atoms with E-state index in [0.717, 1.165) is 18.4 Å². The number of benzene rings is 1. The molecule has 2 N–H and O–H groups in total. The number of phenols is 1. The summed E-state index contributed by atoms with van der Waals surface area (Å²) < 4.78 is 0. The topological polar surface area (TPSA) is 58.0 Å². The first-order valence-corrected chi connectivity index (χ1v) is 6.18. The molecule has 92 valence electrons. The molecule has 3 rings (SSSR count). The molecule has 0 saturated heterocycles. The van der Waals surface area contributed by atoms with Gasteiger partial charge in [-0.05, 0) is 37.1 Å². The summed E-state index contributed by atoms with van der Waals surface area (Å²) >= 11 is 6.05. The summed E-state index contributed by atoms with van der Waals surface area (Å²) in [6.07, 6.45) is 3.92. The molecule has 5 heteroatoms. The number of nitrogens with zero attached hydrogens (tertiary/aromatic N) is 2.